The van der Waals surface area contributed by atoms with Crippen molar-refractivity contribution >= 4 is 27.2 Å². The van der Waals surface area contributed by atoms with Crippen molar-refractivity contribution in [3.8, 4) is 0 Å². The summed E-state index contributed by atoms with van der Waals surface area (Å²) in [6.45, 7) is 2.00. The lowest BCUT2D eigenvalue weighted by molar-refractivity contribution is 0.102. The number of benzene rings is 1. The lowest BCUT2D eigenvalue weighted by atomic mass is 10.2. The Hall–Kier alpha value is -2.41. The molecule has 3 rings (SSSR count). The van der Waals surface area contributed by atoms with Crippen molar-refractivity contribution in [1.82, 2.24) is 4.98 Å². The number of nitrogens with one attached hydrogen (secondary N) is 1. The van der Waals surface area contributed by atoms with Crippen LogP contribution in [0.5, 0.6) is 0 Å². The molecular formula is C17H19N3O3S. The first-order valence-electron chi connectivity index (χ1n) is 7.76. The fraction of sp³-hybridized carbons (Fsp3) is 0.294. The van der Waals surface area contributed by atoms with Crippen LogP contribution in [-0.2, 0) is 9.84 Å². The number of pyridine rings is 1. The summed E-state index contributed by atoms with van der Waals surface area (Å²) in [4.78, 5) is 19.0. The maximum atomic E-state index is 12.4. The molecule has 1 N–H and O–H groups in total. The van der Waals surface area contributed by atoms with E-state index in [9.17, 15) is 13.2 Å². The molecule has 0 saturated carbocycles. The minimum atomic E-state index is -3.47. The zero-order valence-electron chi connectivity index (χ0n) is 13.4. The van der Waals surface area contributed by atoms with Gasteiger partial charge in [-0.15, -0.1) is 0 Å². The second kappa shape index (κ2) is 6.60. The molecule has 0 spiro atoms. The molecule has 2 aromatic rings. The Morgan fingerprint density at radius 3 is 2.46 bits per heavy atom. The number of carbonyl (C=O) groups excluding carboxylic acids is 1. The lowest BCUT2D eigenvalue weighted by Crippen LogP contribution is -2.19. The van der Waals surface area contributed by atoms with E-state index in [0.29, 0.717) is 5.69 Å². The topological polar surface area (TPSA) is 79.4 Å². The molecule has 1 aliphatic rings. The fourth-order valence-corrected chi connectivity index (χ4v) is 3.66. The van der Waals surface area contributed by atoms with E-state index < -0.39 is 15.7 Å². The Balaban J connectivity index is 1.78. The average Bonchev–Trinajstić information content (AvgIpc) is 3.09. The summed E-state index contributed by atoms with van der Waals surface area (Å²) in [5, 5.41) is 2.70. The number of aromatic nitrogens is 1. The van der Waals surface area contributed by atoms with Gasteiger partial charge in [0.25, 0.3) is 5.91 Å². The molecule has 2 heterocycles. The Bertz CT molecular complexity index is 842. The van der Waals surface area contributed by atoms with Crippen molar-refractivity contribution in [2.24, 2.45) is 0 Å². The standard InChI is InChI=1S/C17H19N3O3S/c1-24(22,23)15-7-3-2-6-14(15)17(21)19-13-8-9-16(18-12-13)20-10-4-5-11-20/h2-3,6-9,12H,4-5,10-11H2,1H3,(H,19,21). The summed E-state index contributed by atoms with van der Waals surface area (Å²) >= 11 is 0. The van der Waals surface area contributed by atoms with Crippen molar-refractivity contribution in [3.05, 3.63) is 48.2 Å². The average molecular weight is 345 g/mol. The van der Waals surface area contributed by atoms with E-state index in [1.165, 1.54) is 25.0 Å². The van der Waals surface area contributed by atoms with Crippen LogP contribution in [0.25, 0.3) is 0 Å². The summed E-state index contributed by atoms with van der Waals surface area (Å²) < 4.78 is 23.6. The van der Waals surface area contributed by atoms with E-state index in [2.05, 4.69) is 15.2 Å². The highest BCUT2D eigenvalue weighted by molar-refractivity contribution is 7.90. The van der Waals surface area contributed by atoms with Gasteiger partial charge in [-0.1, -0.05) is 12.1 Å². The zero-order chi connectivity index (χ0) is 17.2. The number of nitrogens with zero attached hydrogens (tertiary/aromatic N) is 2. The van der Waals surface area contributed by atoms with E-state index in [4.69, 9.17) is 0 Å². The summed E-state index contributed by atoms with van der Waals surface area (Å²) in [5.74, 6) is 0.425. The van der Waals surface area contributed by atoms with Crippen LogP contribution in [0.15, 0.2) is 47.5 Å². The highest BCUT2D eigenvalue weighted by Crippen LogP contribution is 2.20. The maximum Gasteiger partial charge on any atom is 0.257 e. The number of hydrogen-bond acceptors (Lipinski definition) is 5. The van der Waals surface area contributed by atoms with Crippen LogP contribution >= 0.6 is 0 Å². The van der Waals surface area contributed by atoms with E-state index in [1.807, 2.05) is 6.07 Å². The van der Waals surface area contributed by atoms with E-state index in [-0.39, 0.29) is 10.5 Å². The Morgan fingerprint density at radius 1 is 1.12 bits per heavy atom. The minimum Gasteiger partial charge on any atom is -0.357 e. The van der Waals surface area contributed by atoms with Crippen molar-refractivity contribution in [3.63, 3.8) is 0 Å². The Morgan fingerprint density at radius 2 is 1.83 bits per heavy atom. The molecule has 6 nitrogen and oxygen atoms in total. The number of anilines is 2. The van der Waals surface area contributed by atoms with Crippen molar-refractivity contribution in [2.45, 2.75) is 17.7 Å². The monoisotopic (exact) mass is 345 g/mol. The van der Waals surface area contributed by atoms with E-state index in [1.54, 1.807) is 24.4 Å². The first kappa shape index (κ1) is 16.4. The molecule has 0 atom stereocenters. The SMILES string of the molecule is CS(=O)(=O)c1ccccc1C(=O)Nc1ccc(N2CCCC2)nc1. The zero-order valence-corrected chi connectivity index (χ0v) is 14.2. The third kappa shape index (κ3) is 3.56. The first-order chi connectivity index (χ1) is 11.4. The number of amides is 1. The van der Waals surface area contributed by atoms with Crippen LogP contribution in [0.2, 0.25) is 0 Å². The Kier molecular flexibility index (Phi) is 4.53. The Labute approximate surface area is 141 Å². The van der Waals surface area contributed by atoms with Crippen LogP contribution < -0.4 is 10.2 Å². The van der Waals surface area contributed by atoms with Crippen LogP contribution in [0.4, 0.5) is 11.5 Å². The molecule has 0 aliphatic carbocycles. The van der Waals surface area contributed by atoms with Gasteiger partial charge in [-0.05, 0) is 37.1 Å². The van der Waals surface area contributed by atoms with Gasteiger partial charge in [0.2, 0.25) is 0 Å². The highest BCUT2D eigenvalue weighted by Gasteiger charge is 2.18. The molecule has 24 heavy (non-hydrogen) atoms. The summed E-state index contributed by atoms with van der Waals surface area (Å²) in [6, 6.07) is 9.81. The third-order valence-electron chi connectivity index (χ3n) is 3.97. The van der Waals surface area contributed by atoms with Gasteiger partial charge in [-0.25, -0.2) is 13.4 Å². The fourth-order valence-electron chi connectivity index (χ4n) is 2.77. The largest absolute Gasteiger partial charge is 0.357 e. The van der Waals surface area contributed by atoms with Gasteiger partial charge in [0.1, 0.15) is 5.82 Å². The summed E-state index contributed by atoms with van der Waals surface area (Å²) in [7, 11) is -3.47. The van der Waals surface area contributed by atoms with Crippen molar-refractivity contribution in [1.29, 1.82) is 0 Å². The third-order valence-corrected chi connectivity index (χ3v) is 5.12. The second-order valence-corrected chi connectivity index (χ2v) is 7.81. The molecule has 1 saturated heterocycles. The molecule has 0 unspecified atom stereocenters. The molecule has 1 aromatic heterocycles. The van der Waals surface area contributed by atoms with Crippen LogP contribution in [0.1, 0.15) is 23.2 Å². The van der Waals surface area contributed by atoms with Gasteiger partial charge < -0.3 is 10.2 Å². The normalized spacial score (nSPS) is 14.6. The summed E-state index contributed by atoms with van der Waals surface area (Å²) in [6.07, 6.45) is 5.02. The van der Waals surface area contributed by atoms with Gasteiger partial charge in [-0.3, -0.25) is 4.79 Å². The number of rotatable bonds is 4. The maximum absolute atomic E-state index is 12.4. The molecule has 1 aliphatic heterocycles. The van der Waals surface area contributed by atoms with Gasteiger partial charge >= 0.3 is 0 Å². The molecule has 1 amide bonds. The number of carbonyl (C=O) groups is 1. The number of sulfone groups is 1. The molecule has 0 radical (unpaired) electrons. The summed E-state index contributed by atoms with van der Waals surface area (Å²) in [5.41, 5.74) is 0.662. The molecule has 1 aromatic carbocycles. The quantitative estimate of drug-likeness (QED) is 0.920. The predicted molar refractivity (Wildman–Crippen MR) is 93.2 cm³/mol. The highest BCUT2D eigenvalue weighted by atomic mass is 32.2. The smallest absolute Gasteiger partial charge is 0.257 e. The van der Waals surface area contributed by atoms with Crippen LogP contribution in [-0.4, -0.2) is 38.7 Å². The lowest BCUT2D eigenvalue weighted by Gasteiger charge is -2.16. The van der Waals surface area contributed by atoms with Crippen molar-refractivity contribution < 1.29 is 13.2 Å². The van der Waals surface area contributed by atoms with E-state index >= 15 is 0 Å². The minimum absolute atomic E-state index is 0.0177. The molecule has 126 valence electrons. The van der Waals surface area contributed by atoms with E-state index in [0.717, 1.165) is 25.2 Å². The van der Waals surface area contributed by atoms with Gasteiger partial charge in [0.15, 0.2) is 9.84 Å². The molecule has 1 fully saturated rings. The van der Waals surface area contributed by atoms with Gasteiger partial charge in [0.05, 0.1) is 22.3 Å². The molecule has 0 bridgehead atoms. The second-order valence-electron chi connectivity index (χ2n) is 5.82. The van der Waals surface area contributed by atoms with Gasteiger partial charge in [-0.2, -0.15) is 0 Å². The van der Waals surface area contributed by atoms with Crippen LogP contribution in [0.3, 0.4) is 0 Å². The predicted octanol–water partition coefficient (Wildman–Crippen LogP) is 2.34. The van der Waals surface area contributed by atoms with Gasteiger partial charge in [0, 0.05) is 19.3 Å². The van der Waals surface area contributed by atoms with Crippen LogP contribution in [0, 0.1) is 0 Å². The van der Waals surface area contributed by atoms with Crippen molar-refractivity contribution in [2.75, 3.05) is 29.6 Å². The first-order valence-corrected chi connectivity index (χ1v) is 9.66. The molecular weight excluding hydrogens is 326 g/mol. The number of hydrogen-bond donors (Lipinski definition) is 1. The molecule has 7 heteroatoms.